The zero-order chi connectivity index (χ0) is 15.1. The SMILES string of the molecule is CC(C)Cc1noc(CN(CCO)Cc2ccccc2)n1. The molecular formula is C16H23N3O2. The highest BCUT2D eigenvalue weighted by molar-refractivity contribution is 5.14. The molecule has 2 rings (SSSR count). The highest BCUT2D eigenvalue weighted by atomic mass is 16.5. The summed E-state index contributed by atoms with van der Waals surface area (Å²) in [5, 5.41) is 13.2. The summed E-state index contributed by atoms with van der Waals surface area (Å²) in [5.41, 5.74) is 1.20. The predicted molar refractivity (Wildman–Crippen MR) is 80.5 cm³/mol. The second kappa shape index (κ2) is 7.90. The molecule has 5 heteroatoms. The zero-order valence-corrected chi connectivity index (χ0v) is 12.7. The molecule has 0 spiro atoms. The number of aliphatic hydroxyl groups is 1. The first-order valence-electron chi connectivity index (χ1n) is 7.36. The summed E-state index contributed by atoms with van der Waals surface area (Å²) in [6.07, 6.45) is 0.822. The average molecular weight is 289 g/mol. The molecule has 0 aliphatic carbocycles. The monoisotopic (exact) mass is 289 g/mol. The summed E-state index contributed by atoms with van der Waals surface area (Å²) in [6.45, 7) is 6.26. The van der Waals surface area contributed by atoms with E-state index in [1.54, 1.807) is 0 Å². The van der Waals surface area contributed by atoms with Gasteiger partial charge in [-0.1, -0.05) is 49.3 Å². The molecule has 2 aromatic rings. The Morgan fingerprint density at radius 1 is 1.19 bits per heavy atom. The minimum absolute atomic E-state index is 0.111. The molecule has 1 aromatic carbocycles. The minimum Gasteiger partial charge on any atom is -0.395 e. The van der Waals surface area contributed by atoms with E-state index in [0.29, 0.717) is 24.9 Å². The highest BCUT2D eigenvalue weighted by Gasteiger charge is 2.13. The maximum absolute atomic E-state index is 9.21. The number of benzene rings is 1. The Bertz CT molecular complexity index is 525. The van der Waals surface area contributed by atoms with Crippen molar-refractivity contribution in [3.05, 3.63) is 47.6 Å². The largest absolute Gasteiger partial charge is 0.395 e. The van der Waals surface area contributed by atoms with Gasteiger partial charge in [0.05, 0.1) is 13.2 Å². The van der Waals surface area contributed by atoms with Crippen molar-refractivity contribution in [1.82, 2.24) is 15.0 Å². The third-order valence-electron chi connectivity index (χ3n) is 3.13. The fourth-order valence-electron chi connectivity index (χ4n) is 2.19. The standard InChI is InChI=1S/C16H23N3O2/c1-13(2)10-15-17-16(21-18-15)12-19(8-9-20)11-14-6-4-3-5-7-14/h3-7,13,20H,8-12H2,1-2H3. The van der Waals surface area contributed by atoms with Gasteiger partial charge in [0.1, 0.15) is 0 Å². The molecule has 0 radical (unpaired) electrons. The number of hydrogen-bond acceptors (Lipinski definition) is 5. The summed E-state index contributed by atoms with van der Waals surface area (Å²) < 4.78 is 5.30. The van der Waals surface area contributed by atoms with Gasteiger partial charge in [0, 0.05) is 19.5 Å². The molecule has 0 bridgehead atoms. The van der Waals surface area contributed by atoms with E-state index in [4.69, 9.17) is 4.52 Å². The predicted octanol–water partition coefficient (Wildman–Crippen LogP) is 2.26. The molecule has 1 aromatic heterocycles. The summed E-state index contributed by atoms with van der Waals surface area (Å²) >= 11 is 0. The second-order valence-electron chi connectivity index (χ2n) is 5.62. The van der Waals surface area contributed by atoms with Crippen LogP contribution in [0.25, 0.3) is 0 Å². The van der Waals surface area contributed by atoms with Crippen LogP contribution in [0.3, 0.4) is 0 Å². The van der Waals surface area contributed by atoms with E-state index in [1.165, 1.54) is 5.56 Å². The van der Waals surface area contributed by atoms with Crippen LogP contribution in [0.15, 0.2) is 34.9 Å². The fraction of sp³-hybridized carbons (Fsp3) is 0.500. The van der Waals surface area contributed by atoms with Crippen molar-refractivity contribution >= 4 is 0 Å². The van der Waals surface area contributed by atoms with E-state index in [-0.39, 0.29) is 6.61 Å². The van der Waals surface area contributed by atoms with Gasteiger partial charge in [0.25, 0.3) is 0 Å². The van der Waals surface area contributed by atoms with Crippen LogP contribution in [0.5, 0.6) is 0 Å². The van der Waals surface area contributed by atoms with Gasteiger partial charge in [0.15, 0.2) is 5.82 Å². The molecule has 1 heterocycles. The molecule has 114 valence electrons. The first kappa shape index (κ1) is 15.7. The van der Waals surface area contributed by atoms with E-state index >= 15 is 0 Å². The Morgan fingerprint density at radius 2 is 1.95 bits per heavy atom. The lowest BCUT2D eigenvalue weighted by Gasteiger charge is -2.19. The zero-order valence-electron chi connectivity index (χ0n) is 12.7. The lowest BCUT2D eigenvalue weighted by Crippen LogP contribution is -2.26. The Kier molecular flexibility index (Phi) is 5.90. The summed E-state index contributed by atoms with van der Waals surface area (Å²) in [5.74, 6) is 1.87. The fourth-order valence-corrected chi connectivity index (χ4v) is 2.19. The molecule has 0 amide bonds. The number of rotatable bonds is 8. The van der Waals surface area contributed by atoms with Crippen molar-refractivity contribution in [2.24, 2.45) is 5.92 Å². The smallest absolute Gasteiger partial charge is 0.240 e. The molecule has 0 fully saturated rings. The van der Waals surface area contributed by atoms with Gasteiger partial charge in [-0.3, -0.25) is 4.90 Å². The first-order chi connectivity index (χ1) is 10.2. The van der Waals surface area contributed by atoms with Crippen LogP contribution in [0.2, 0.25) is 0 Å². The van der Waals surface area contributed by atoms with Gasteiger partial charge in [-0.15, -0.1) is 0 Å². The summed E-state index contributed by atoms with van der Waals surface area (Å²) in [4.78, 5) is 6.51. The van der Waals surface area contributed by atoms with Crippen molar-refractivity contribution in [3.63, 3.8) is 0 Å². The molecule has 21 heavy (non-hydrogen) atoms. The average Bonchev–Trinajstić information content (AvgIpc) is 2.86. The van der Waals surface area contributed by atoms with Crippen LogP contribution in [0.4, 0.5) is 0 Å². The van der Waals surface area contributed by atoms with Crippen LogP contribution in [0.1, 0.15) is 31.1 Å². The second-order valence-corrected chi connectivity index (χ2v) is 5.62. The van der Waals surface area contributed by atoms with Gasteiger partial charge >= 0.3 is 0 Å². The lowest BCUT2D eigenvalue weighted by atomic mass is 10.1. The van der Waals surface area contributed by atoms with Crippen LogP contribution in [-0.4, -0.2) is 33.3 Å². The Morgan fingerprint density at radius 3 is 2.62 bits per heavy atom. The molecule has 0 aliphatic heterocycles. The van der Waals surface area contributed by atoms with Gasteiger partial charge in [-0.2, -0.15) is 4.98 Å². The Balaban J connectivity index is 1.97. The minimum atomic E-state index is 0.111. The van der Waals surface area contributed by atoms with Crippen molar-refractivity contribution in [3.8, 4) is 0 Å². The van der Waals surface area contributed by atoms with E-state index in [1.807, 2.05) is 18.2 Å². The first-order valence-corrected chi connectivity index (χ1v) is 7.36. The highest BCUT2D eigenvalue weighted by Crippen LogP contribution is 2.10. The van der Waals surface area contributed by atoms with Gasteiger partial charge in [-0.25, -0.2) is 0 Å². The van der Waals surface area contributed by atoms with Crippen LogP contribution < -0.4 is 0 Å². The quantitative estimate of drug-likeness (QED) is 0.807. The molecule has 0 unspecified atom stereocenters. The van der Waals surface area contributed by atoms with E-state index < -0.39 is 0 Å². The third-order valence-corrected chi connectivity index (χ3v) is 3.13. The lowest BCUT2D eigenvalue weighted by molar-refractivity contribution is 0.167. The number of aromatic nitrogens is 2. The number of nitrogens with zero attached hydrogens (tertiary/aromatic N) is 3. The van der Waals surface area contributed by atoms with E-state index in [0.717, 1.165) is 18.8 Å². The number of hydrogen-bond donors (Lipinski definition) is 1. The third kappa shape index (κ3) is 5.28. The normalized spacial score (nSPS) is 11.5. The molecule has 0 aliphatic rings. The van der Waals surface area contributed by atoms with Gasteiger partial charge in [-0.05, 0) is 11.5 Å². The van der Waals surface area contributed by atoms with Crippen LogP contribution >= 0.6 is 0 Å². The summed E-state index contributed by atoms with van der Waals surface area (Å²) in [6, 6.07) is 10.2. The van der Waals surface area contributed by atoms with Gasteiger partial charge < -0.3 is 9.63 Å². The molecule has 0 saturated heterocycles. The van der Waals surface area contributed by atoms with Gasteiger partial charge in [0.2, 0.25) is 5.89 Å². The maximum atomic E-state index is 9.21. The van der Waals surface area contributed by atoms with Crippen molar-refractivity contribution < 1.29 is 9.63 Å². The maximum Gasteiger partial charge on any atom is 0.240 e. The van der Waals surface area contributed by atoms with Crippen molar-refractivity contribution in [2.45, 2.75) is 33.4 Å². The van der Waals surface area contributed by atoms with Crippen molar-refractivity contribution in [1.29, 1.82) is 0 Å². The molecule has 1 N–H and O–H groups in total. The molecular weight excluding hydrogens is 266 g/mol. The molecule has 0 saturated carbocycles. The number of aliphatic hydroxyl groups excluding tert-OH is 1. The van der Waals surface area contributed by atoms with Crippen molar-refractivity contribution in [2.75, 3.05) is 13.2 Å². The van der Waals surface area contributed by atoms with E-state index in [9.17, 15) is 5.11 Å². The topological polar surface area (TPSA) is 62.4 Å². The van der Waals surface area contributed by atoms with E-state index in [2.05, 4.69) is 41.0 Å². The molecule has 5 nitrogen and oxygen atoms in total. The summed E-state index contributed by atoms with van der Waals surface area (Å²) in [7, 11) is 0. The van der Waals surface area contributed by atoms with Crippen LogP contribution in [-0.2, 0) is 19.5 Å². The Hall–Kier alpha value is -1.72. The molecule has 0 atom stereocenters. The van der Waals surface area contributed by atoms with Crippen LogP contribution in [0, 0.1) is 5.92 Å². The Labute approximate surface area is 125 Å².